The fourth-order valence-corrected chi connectivity index (χ4v) is 2.45. The van der Waals surface area contributed by atoms with Crippen molar-refractivity contribution in [3.63, 3.8) is 0 Å². The lowest BCUT2D eigenvalue weighted by atomic mass is 9.95. The number of amides is 1. The Kier molecular flexibility index (Phi) is 10.0. The molecule has 0 aromatic heterocycles. The summed E-state index contributed by atoms with van der Waals surface area (Å²) in [6.45, 7) is 8.77. The van der Waals surface area contributed by atoms with E-state index in [0.29, 0.717) is 12.5 Å². The first-order valence-electron chi connectivity index (χ1n) is 7.56. The van der Waals surface area contributed by atoms with E-state index in [4.69, 9.17) is 0 Å². The number of hydrogen-bond donors (Lipinski definition) is 2. The lowest BCUT2D eigenvalue weighted by Gasteiger charge is -2.22. The molecule has 2 N–H and O–H groups in total. The maximum atomic E-state index is 12.0. The summed E-state index contributed by atoms with van der Waals surface area (Å²) in [5.74, 6) is 0.527. The van der Waals surface area contributed by atoms with E-state index < -0.39 is 6.10 Å². The molecule has 0 radical (unpaired) electrons. The number of rotatable bonds is 10. The predicted octanol–water partition coefficient (Wildman–Crippen LogP) is 3.12. The van der Waals surface area contributed by atoms with Crippen molar-refractivity contribution in [1.82, 2.24) is 5.32 Å². The van der Waals surface area contributed by atoms with E-state index in [9.17, 15) is 9.90 Å². The second-order valence-electron chi connectivity index (χ2n) is 5.16. The highest BCUT2D eigenvalue weighted by Crippen LogP contribution is 2.15. The minimum absolute atomic E-state index is 0.115. The lowest BCUT2D eigenvalue weighted by Crippen LogP contribution is -2.39. The van der Waals surface area contributed by atoms with Gasteiger partial charge in [0.15, 0.2) is 0 Å². The topological polar surface area (TPSA) is 49.3 Å². The van der Waals surface area contributed by atoms with Crippen LogP contribution in [0.15, 0.2) is 0 Å². The Bertz CT molecular complexity index is 209. The van der Waals surface area contributed by atoms with Gasteiger partial charge in [-0.15, -0.1) is 0 Å². The summed E-state index contributed by atoms with van der Waals surface area (Å²) in [4.78, 5) is 12.0. The van der Waals surface area contributed by atoms with Crippen LogP contribution in [-0.4, -0.2) is 23.7 Å². The van der Waals surface area contributed by atoms with Gasteiger partial charge < -0.3 is 10.4 Å². The first-order valence-corrected chi connectivity index (χ1v) is 7.56. The third kappa shape index (κ3) is 6.39. The second kappa shape index (κ2) is 10.4. The molecule has 3 heteroatoms. The van der Waals surface area contributed by atoms with Crippen LogP contribution in [0, 0.1) is 11.8 Å². The van der Waals surface area contributed by atoms with Crippen molar-refractivity contribution in [2.45, 2.75) is 72.3 Å². The quantitative estimate of drug-likeness (QED) is 0.632. The molecule has 0 heterocycles. The number of aliphatic hydroxyl groups excluding tert-OH is 1. The van der Waals surface area contributed by atoms with Gasteiger partial charge in [0.25, 0.3) is 0 Å². The van der Waals surface area contributed by atoms with Crippen LogP contribution in [0.25, 0.3) is 0 Å². The van der Waals surface area contributed by atoms with Gasteiger partial charge >= 0.3 is 0 Å². The molecule has 18 heavy (non-hydrogen) atoms. The van der Waals surface area contributed by atoms with Crippen LogP contribution >= 0.6 is 0 Å². The molecule has 0 saturated heterocycles. The first kappa shape index (κ1) is 17.4. The van der Waals surface area contributed by atoms with Crippen LogP contribution in [0.5, 0.6) is 0 Å². The van der Waals surface area contributed by atoms with Crippen LogP contribution in [0.3, 0.4) is 0 Å². The summed E-state index contributed by atoms with van der Waals surface area (Å²) in [5, 5.41) is 12.9. The molecule has 1 atom stereocenters. The molecule has 1 unspecified atom stereocenters. The molecule has 0 aliphatic rings. The van der Waals surface area contributed by atoms with Gasteiger partial charge in [0, 0.05) is 12.5 Å². The van der Waals surface area contributed by atoms with Gasteiger partial charge in [-0.05, 0) is 18.8 Å². The Morgan fingerprint density at radius 3 is 1.94 bits per heavy atom. The molecule has 108 valence electrons. The van der Waals surface area contributed by atoms with Crippen molar-refractivity contribution in [3.8, 4) is 0 Å². The molecule has 3 nitrogen and oxygen atoms in total. The summed E-state index contributed by atoms with van der Waals surface area (Å²) in [7, 11) is 0. The smallest absolute Gasteiger partial charge is 0.223 e. The molecule has 0 saturated carbocycles. The van der Waals surface area contributed by atoms with E-state index >= 15 is 0 Å². The molecule has 1 amide bonds. The van der Waals surface area contributed by atoms with Crippen molar-refractivity contribution in [2.24, 2.45) is 11.8 Å². The Labute approximate surface area is 112 Å². The third-order valence-electron chi connectivity index (χ3n) is 3.72. The van der Waals surface area contributed by atoms with E-state index in [-0.39, 0.29) is 11.8 Å². The fourth-order valence-electron chi connectivity index (χ4n) is 2.45. The van der Waals surface area contributed by atoms with Crippen LogP contribution in [-0.2, 0) is 4.79 Å². The SMILES string of the molecule is CCCC(CCC)C(=O)NCC(O)C(CC)CC. The Morgan fingerprint density at radius 2 is 1.56 bits per heavy atom. The first-order chi connectivity index (χ1) is 8.60. The van der Waals surface area contributed by atoms with Gasteiger partial charge in [0.05, 0.1) is 6.10 Å². The highest BCUT2D eigenvalue weighted by Gasteiger charge is 2.20. The zero-order valence-electron chi connectivity index (χ0n) is 12.5. The van der Waals surface area contributed by atoms with Crippen molar-refractivity contribution in [2.75, 3.05) is 6.54 Å². The van der Waals surface area contributed by atoms with Gasteiger partial charge in [-0.25, -0.2) is 0 Å². The largest absolute Gasteiger partial charge is 0.391 e. The summed E-state index contributed by atoms with van der Waals surface area (Å²) in [5.41, 5.74) is 0. The summed E-state index contributed by atoms with van der Waals surface area (Å²) in [6, 6.07) is 0. The molecule has 0 aliphatic carbocycles. The minimum Gasteiger partial charge on any atom is -0.391 e. The minimum atomic E-state index is -0.409. The Morgan fingerprint density at radius 1 is 1.06 bits per heavy atom. The van der Waals surface area contributed by atoms with Gasteiger partial charge in [0.2, 0.25) is 5.91 Å². The van der Waals surface area contributed by atoms with Gasteiger partial charge in [0.1, 0.15) is 0 Å². The predicted molar refractivity (Wildman–Crippen MR) is 76.4 cm³/mol. The number of carbonyl (C=O) groups excluding carboxylic acids is 1. The zero-order valence-corrected chi connectivity index (χ0v) is 12.5. The van der Waals surface area contributed by atoms with E-state index in [1.54, 1.807) is 0 Å². The van der Waals surface area contributed by atoms with Gasteiger partial charge in [-0.1, -0.05) is 53.4 Å². The van der Waals surface area contributed by atoms with E-state index in [1.165, 1.54) is 0 Å². The van der Waals surface area contributed by atoms with Crippen molar-refractivity contribution >= 4 is 5.91 Å². The van der Waals surface area contributed by atoms with Gasteiger partial charge in [-0.3, -0.25) is 4.79 Å². The maximum Gasteiger partial charge on any atom is 0.223 e. The lowest BCUT2D eigenvalue weighted by molar-refractivity contribution is -0.126. The molecular formula is C15H31NO2. The Hall–Kier alpha value is -0.570. The van der Waals surface area contributed by atoms with Crippen LogP contribution in [0.4, 0.5) is 0 Å². The highest BCUT2D eigenvalue weighted by molar-refractivity contribution is 5.78. The number of aliphatic hydroxyl groups is 1. The zero-order chi connectivity index (χ0) is 14.0. The maximum absolute atomic E-state index is 12.0. The van der Waals surface area contributed by atoms with E-state index in [1.807, 2.05) is 0 Å². The normalized spacial score (nSPS) is 13.1. The summed E-state index contributed by atoms with van der Waals surface area (Å²) < 4.78 is 0. The van der Waals surface area contributed by atoms with Crippen LogP contribution < -0.4 is 5.32 Å². The monoisotopic (exact) mass is 257 g/mol. The molecule has 0 aromatic rings. The fraction of sp³-hybridized carbons (Fsp3) is 0.933. The molecule has 0 aromatic carbocycles. The average molecular weight is 257 g/mol. The number of carbonyl (C=O) groups is 1. The molecule has 0 rings (SSSR count). The standard InChI is InChI=1S/C15H31NO2/c1-5-9-13(10-6-2)15(18)16-11-14(17)12(7-3)8-4/h12-14,17H,5-11H2,1-4H3,(H,16,18). The summed E-state index contributed by atoms with van der Waals surface area (Å²) in [6.07, 6.45) is 5.47. The van der Waals surface area contributed by atoms with Crippen molar-refractivity contribution in [3.05, 3.63) is 0 Å². The molecule has 0 spiro atoms. The number of nitrogens with one attached hydrogen (secondary N) is 1. The molecule has 0 aliphatic heterocycles. The van der Waals surface area contributed by atoms with E-state index in [0.717, 1.165) is 38.5 Å². The van der Waals surface area contributed by atoms with E-state index in [2.05, 4.69) is 33.0 Å². The molecule has 0 bridgehead atoms. The second-order valence-corrected chi connectivity index (χ2v) is 5.16. The van der Waals surface area contributed by atoms with Crippen LogP contribution in [0.1, 0.15) is 66.2 Å². The van der Waals surface area contributed by atoms with Crippen molar-refractivity contribution < 1.29 is 9.90 Å². The third-order valence-corrected chi connectivity index (χ3v) is 3.72. The van der Waals surface area contributed by atoms with Crippen LogP contribution in [0.2, 0.25) is 0 Å². The molecular weight excluding hydrogens is 226 g/mol. The number of hydrogen-bond acceptors (Lipinski definition) is 2. The Balaban J connectivity index is 4.12. The van der Waals surface area contributed by atoms with Crippen molar-refractivity contribution in [1.29, 1.82) is 0 Å². The summed E-state index contributed by atoms with van der Waals surface area (Å²) >= 11 is 0. The average Bonchev–Trinajstić information content (AvgIpc) is 2.37. The van der Waals surface area contributed by atoms with Gasteiger partial charge in [-0.2, -0.15) is 0 Å². The highest BCUT2D eigenvalue weighted by atomic mass is 16.3. The molecule has 0 fully saturated rings.